The van der Waals surface area contributed by atoms with Crippen LogP contribution in [0.5, 0.6) is 0 Å². The minimum atomic E-state index is 0. The first-order chi connectivity index (χ1) is 11.8. The van der Waals surface area contributed by atoms with Gasteiger partial charge in [0.05, 0.1) is 6.26 Å². The van der Waals surface area contributed by atoms with Crippen molar-refractivity contribution in [3.8, 4) is 0 Å². The van der Waals surface area contributed by atoms with Crippen LogP contribution in [0.25, 0.3) is 0 Å². The molecule has 0 fully saturated rings. The third-order valence-corrected chi connectivity index (χ3v) is 3.67. The second kappa shape index (κ2) is 16.7. The summed E-state index contributed by atoms with van der Waals surface area (Å²) in [5.74, 6) is 2.14. The lowest BCUT2D eigenvalue weighted by Gasteiger charge is -2.15. The van der Waals surface area contributed by atoms with Crippen LogP contribution in [0.1, 0.15) is 45.3 Å². The van der Waals surface area contributed by atoms with E-state index in [0.29, 0.717) is 19.1 Å². The van der Waals surface area contributed by atoms with Crippen LogP contribution in [-0.2, 0) is 11.3 Å². The highest BCUT2D eigenvalue weighted by Gasteiger charge is 2.07. The van der Waals surface area contributed by atoms with Crippen molar-refractivity contribution >= 4 is 29.9 Å². The van der Waals surface area contributed by atoms with Crippen molar-refractivity contribution in [2.45, 2.75) is 46.1 Å². The quantitative estimate of drug-likeness (QED) is 0.180. The summed E-state index contributed by atoms with van der Waals surface area (Å²) in [5, 5.41) is 15.7. The molecule has 1 unspecified atom stereocenters. The van der Waals surface area contributed by atoms with Crippen LogP contribution in [0.15, 0.2) is 27.8 Å². The Morgan fingerprint density at radius 3 is 2.80 bits per heavy atom. The van der Waals surface area contributed by atoms with Gasteiger partial charge in [-0.1, -0.05) is 13.3 Å². The molecule has 1 rings (SSSR count). The Morgan fingerprint density at radius 2 is 2.16 bits per heavy atom. The summed E-state index contributed by atoms with van der Waals surface area (Å²) < 4.78 is 10.8. The minimum Gasteiger partial charge on any atom is -0.467 e. The van der Waals surface area contributed by atoms with E-state index >= 15 is 0 Å². The molecule has 0 spiro atoms. The van der Waals surface area contributed by atoms with E-state index in [9.17, 15) is 0 Å². The number of aliphatic hydroxyl groups is 1. The van der Waals surface area contributed by atoms with E-state index in [4.69, 9.17) is 14.3 Å². The number of aliphatic hydroxyl groups excluding tert-OH is 1. The molecule has 25 heavy (non-hydrogen) atoms. The summed E-state index contributed by atoms with van der Waals surface area (Å²) in [4.78, 5) is 4.64. The van der Waals surface area contributed by atoms with E-state index in [2.05, 4.69) is 29.5 Å². The Morgan fingerprint density at radius 1 is 1.32 bits per heavy atom. The first kappa shape index (κ1) is 24.2. The highest BCUT2D eigenvalue weighted by molar-refractivity contribution is 14.0. The molecule has 0 aliphatic carbocycles. The van der Waals surface area contributed by atoms with Crippen LogP contribution in [0.2, 0.25) is 0 Å². The van der Waals surface area contributed by atoms with E-state index in [1.807, 2.05) is 12.1 Å². The maximum atomic E-state index is 9.12. The maximum Gasteiger partial charge on any atom is 0.191 e. The molecule has 1 atom stereocenters. The van der Waals surface area contributed by atoms with Gasteiger partial charge in [-0.05, 0) is 44.2 Å². The van der Waals surface area contributed by atoms with E-state index in [-0.39, 0.29) is 30.6 Å². The number of halogens is 1. The fraction of sp³-hybridized carbons (Fsp3) is 0.722. The molecule has 0 aliphatic heterocycles. The monoisotopic (exact) mass is 467 g/mol. The molecule has 3 N–H and O–H groups in total. The lowest BCUT2D eigenvalue weighted by Crippen LogP contribution is -2.38. The van der Waals surface area contributed by atoms with E-state index in [0.717, 1.165) is 57.0 Å². The third-order valence-electron chi connectivity index (χ3n) is 3.67. The van der Waals surface area contributed by atoms with Crippen molar-refractivity contribution in [1.82, 2.24) is 10.6 Å². The topological polar surface area (TPSA) is 79.0 Å². The van der Waals surface area contributed by atoms with Gasteiger partial charge in [-0.2, -0.15) is 0 Å². The summed E-state index contributed by atoms with van der Waals surface area (Å²) in [5.41, 5.74) is 0. The van der Waals surface area contributed by atoms with Gasteiger partial charge in [-0.25, -0.2) is 0 Å². The van der Waals surface area contributed by atoms with Gasteiger partial charge < -0.3 is 24.9 Å². The van der Waals surface area contributed by atoms with Crippen molar-refractivity contribution in [3.05, 3.63) is 24.2 Å². The van der Waals surface area contributed by atoms with Gasteiger partial charge in [-0.15, -0.1) is 24.0 Å². The first-order valence-corrected chi connectivity index (χ1v) is 9.03. The molecule has 0 saturated heterocycles. The molecule has 1 aromatic rings. The number of ether oxygens (including phenoxy) is 1. The smallest absolute Gasteiger partial charge is 0.191 e. The molecule has 1 aromatic heterocycles. The molecule has 0 amide bonds. The molecular formula is C18H34IN3O3. The van der Waals surface area contributed by atoms with Crippen molar-refractivity contribution in [1.29, 1.82) is 0 Å². The summed E-state index contributed by atoms with van der Waals surface area (Å²) in [6, 6.07) is 3.77. The summed E-state index contributed by atoms with van der Waals surface area (Å²) >= 11 is 0. The number of rotatable bonds is 13. The Kier molecular flexibility index (Phi) is 16.1. The van der Waals surface area contributed by atoms with Crippen LogP contribution in [0.4, 0.5) is 0 Å². The number of furan rings is 1. The number of hydrogen-bond acceptors (Lipinski definition) is 4. The minimum absolute atomic E-state index is 0. The lowest BCUT2D eigenvalue weighted by atomic mass is 10.0. The van der Waals surface area contributed by atoms with E-state index in [1.54, 1.807) is 6.26 Å². The van der Waals surface area contributed by atoms with Crippen molar-refractivity contribution in [2.75, 3.05) is 32.8 Å². The molecule has 0 aliphatic rings. The van der Waals surface area contributed by atoms with Gasteiger partial charge in [0, 0.05) is 32.8 Å². The molecular weight excluding hydrogens is 433 g/mol. The van der Waals surface area contributed by atoms with Gasteiger partial charge in [0.15, 0.2) is 5.96 Å². The molecule has 146 valence electrons. The Bertz CT molecular complexity index is 421. The van der Waals surface area contributed by atoms with Crippen molar-refractivity contribution in [2.24, 2.45) is 10.9 Å². The highest BCUT2D eigenvalue weighted by Crippen LogP contribution is 2.10. The predicted molar refractivity (Wildman–Crippen MR) is 112 cm³/mol. The van der Waals surface area contributed by atoms with E-state index in [1.165, 1.54) is 0 Å². The predicted octanol–water partition coefficient (Wildman–Crippen LogP) is 3.16. The number of nitrogens with one attached hydrogen (secondary N) is 2. The average Bonchev–Trinajstić information content (AvgIpc) is 3.09. The zero-order valence-corrected chi connectivity index (χ0v) is 17.8. The zero-order valence-electron chi connectivity index (χ0n) is 15.5. The van der Waals surface area contributed by atoms with Crippen molar-refractivity contribution in [3.63, 3.8) is 0 Å². The highest BCUT2D eigenvalue weighted by atomic mass is 127. The normalized spacial score (nSPS) is 12.5. The first-order valence-electron chi connectivity index (χ1n) is 9.03. The molecule has 7 heteroatoms. The van der Waals surface area contributed by atoms with Gasteiger partial charge >= 0.3 is 0 Å². The number of hydrogen-bond donors (Lipinski definition) is 3. The lowest BCUT2D eigenvalue weighted by molar-refractivity contribution is 0.105. The molecule has 6 nitrogen and oxygen atoms in total. The van der Waals surface area contributed by atoms with Gasteiger partial charge in [0.2, 0.25) is 0 Å². The van der Waals surface area contributed by atoms with Crippen molar-refractivity contribution < 1.29 is 14.3 Å². The second-order valence-electron chi connectivity index (χ2n) is 5.80. The second-order valence-corrected chi connectivity index (χ2v) is 5.80. The van der Waals surface area contributed by atoms with Crippen LogP contribution in [-0.4, -0.2) is 43.9 Å². The number of guanidine groups is 1. The molecule has 0 radical (unpaired) electrons. The van der Waals surface area contributed by atoms with E-state index < -0.39 is 0 Å². The molecule has 1 heterocycles. The summed E-state index contributed by atoms with van der Waals surface area (Å²) in [6.45, 7) is 8.04. The maximum absolute atomic E-state index is 9.12. The number of aliphatic imine (C=N–C) groups is 1. The third kappa shape index (κ3) is 12.2. The van der Waals surface area contributed by atoms with Gasteiger partial charge in [0.1, 0.15) is 12.4 Å². The van der Waals surface area contributed by atoms with Gasteiger partial charge in [-0.3, -0.25) is 4.99 Å². The average molecular weight is 467 g/mol. The zero-order chi connectivity index (χ0) is 17.5. The summed E-state index contributed by atoms with van der Waals surface area (Å²) in [6.07, 6.45) is 5.60. The van der Waals surface area contributed by atoms with Crippen LogP contribution >= 0.6 is 24.0 Å². The molecule has 0 bridgehead atoms. The van der Waals surface area contributed by atoms with Crippen LogP contribution in [0, 0.1) is 5.92 Å². The Balaban J connectivity index is 0.00000576. The van der Waals surface area contributed by atoms with Crippen LogP contribution in [0.3, 0.4) is 0 Å². The number of nitrogens with zero attached hydrogens (tertiary/aromatic N) is 1. The Hall–Kier alpha value is -0.800. The van der Waals surface area contributed by atoms with Gasteiger partial charge in [0.25, 0.3) is 0 Å². The molecule has 0 aromatic carbocycles. The SMILES string of the molecule is CCCC(CCO)CN=C(NCC)NCCCOCc1ccco1.I. The fourth-order valence-electron chi connectivity index (χ4n) is 2.43. The standard InChI is InChI=1S/C18H33N3O3.HI/c1-3-7-16(9-11-22)14-21-18(19-4-2)20-10-6-12-23-15-17-8-5-13-24-17;/h5,8,13,16,22H,3-4,6-7,9-12,14-15H2,1-2H3,(H2,19,20,21);1H. The largest absolute Gasteiger partial charge is 0.467 e. The van der Waals surface area contributed by atoms with Crippen LogP contribution < -0.4 is 10.6 Å². The fourth-order valence-corrected chi connectivity index (χ4v) is 2.43. The summed E-state index contributed by atoms with van der Waals surface area (Å²) in [7, 11) is 0. The molecule has 0 saturated carbocycles. The Labute approximate surface area is 168 Å².